The van der Waals surface area contributed by atoms with Crippen molar-refractivity contribution >= 4 is 22.7 Å². The Hall–Kier alpha value is -0.680. The second kappa shape index (κ2) is 6.85. The lowest BCUT2D eigenvalue weighted by Gasteiger charge is -2.33. The summed E-state index contributed by atoms with van der Waals surface area (Å²) in [4.78, 5) is 5.38. The molecular formula is C16H22N2S2. The lowest BCUT2D eigenvalue weighted by Crippen LogP contribution is -2.45. The van der Waals surface area contributed by atoms with Crippen LogP contribution in [0, 0.1) is 0 Å². The van der Waals surface area contributed by atoms with E-state index in [9.17, 15) is 0 Å². The van der Waals surface area contributed by atoms with Crippen LogP contribution in [0.1, 0.15) is 28.6 Å². The molecule has 2 aromatic heterocycles. The second-order valence-corrected chi connectivity index (χ2v) is 7.63. The Balaban J connectivity index is 1.69. The van der Waals surface area contributed by atoms with Crippen LogP contribution in [0.15, 0.2) is 35.0 Å². The Morgan fingerprint density at radius 3 is 2.85 bits per heavy atom. The van der Waals surface area contributed by atoms with Crippen LogP contribution in [-0.4, -0.2) is 31.1 Å². The summed E-state index contributed by atoms with van der Waals surface area (Å²) in [6, 6.07) is 9.92. The van der Waals surface area contributed by atoms with E-state index in [1.54, 1.807) is 0 Å². The van der Waals surface area contributed by atoms with Gasteiger partial charge in [0.1, 0.15) is 0 Å². The van der Waals surface area contributed by atoms with Gasteiger partial charge in [-0.15, -0.1) is 22.7 Å². The lowest BCUT2D eigenvalue weighted by atomic mass is 10.0. The van der Waals surface area contributed by atoms with Gasteiger partial charge in [0, 0.05) is 34.8 Å². The summed E-state index contributed by atoms with van der Waals surface area (Å²) in [6.45, 7) is 2.42. The molecule has 0 aliphatic carbocycles. The van der Waals surface area contributed by atoms with Crippen LogP contribution in [0.2, 0.25) is 0 Å². The Morgan fingerprint density at radius 2 is 2.15 bits per heavy atom. The fourth-order valence-electron chi connectivity index (χ4n) is 2.95. The van der Waals surface area contributed by atoms with Gasteiger partial charge in [-0.05, 0) is 49.3 Å². The van der Waals surface area contributed by atoms with Crippen LogP contribution < -0.4 is 5.32 Å². The molecule has 108 valence electrons. The molecule has 1 N–H and O–H groups in total. The Bertz CT molecular complexity index is 493. The van der Waals surface area contributed by atoms with E-state index in [0.29, 0.717) is 12.1 Å². The lowest BCUT2D eigenvalue weighted by molar-refractivity contribution is 0.216. The molecule has 2 nitrogen and oxygen atoms in total. The maximum absolute atomic E-state index is 3.90. The molecule has 0 amide bonds. The normalized spacial score (nSPS) is 21.9. The number of likely N-dealkylation sites (N-methyl/N-ethyl adjacent to an activating group) is 1. The molecule has 3 rings (SSSR count). The van der Waals surface area contributed by atoms with Crippen molar-refractivity contribution in [1.29, 1.82) is 0 Å². The molecule has 2 unspecified atom stereocenters. The Labute approximate surface area is 129 Å². The monoisotopic (exact) mass is 306 g/mol. The van der Waals surface area contributed by atoms with E-state index < -0.39 is 0 Å². The number of rotatable bonds is 5. The summed E-state index contributed by atoms with van der Waals surface area (Å²) in [5, 5.41) is 8.26. The molecule has 1 saturated heterocycles. The summed E-state index contributed by atoms with van der Waals surface area (Å²) >= 11 is 3.74. The van der Waals surface area contributed by atoms with E-state index in [0.717, 1.165) is 6.42 Å². The first-order chi connectivity index (χ1) is 9.81. The summed E-state index contributed by atoms with van der Waals surface area (Å²) < 4.78 is 0. The highest BCUT2D eigenvalue weighted by molar-refractivity contribution is 7.10. The predicted molar refractivity (Wildman–Crippen MR) is 88.7 cm³/mol. The molecule has 3 heterocycles. The Kier molecular flexibility index (Phi) is 4.89. The topological polar surface area (TPSA) is 15.3 Å². The molecule has 0 bridgehead atoms. The maximum atomic E-state index is 3.90. The van der Waals surface area contributed by atoms with Gasteiger partial charge >= 0.3 is 0 Å². The predicted octanol–water partition coefficient (Wildman–Crippen LogP) is 3.78. The van der Waals surface area contributed by atoms with Crippen LogP contribution in [0.4, 0.5) is 0 Å². The van der Waals surface area contributed by atoms with Crippen molar-refractivity contribution in [2.24, 2.45) is 0 Å². The highest BCUT2D eigenvalue weighted by atomic mass is 32.1. The van der Waals surface area contributed by atoms with Gasteiger partial charge in [-0.2, -0.15) is 0 Å². The van der Waals surface area contributed by atoms with E-state index in [1.807, 2.05) is 22.7 Å². The first-order valence-corrected chi connectivity index (χ1v) is 9.07. The molecule has 20 heavy (non-hydrogen) atoms. The smallest absolute Gasteiger partial charge is 0.0466 e. The van der Waals surface area contributed by atoms with E-state index >= 15 is 0 Å². The minimum Gasteiger partial charge on any atom is -0.305 e. The van der Waals surface area contributed by atoms with Gasteiger partial charge in [-0.25, -0.2) is 0 Å². The molecule has 1 aliphatic rings. The number of likely N-dealkylation sites (tertiary alicyclic amines) is 1. The van der Waals surface area contributed by atoms with E-state index in [1.165, 1.54) is 35.7 Å². The Morgan fingerprint density at radius 1 is 1.30 bits per heavy atom. The van der Waals surface area contributed by atoms with Gasteiger partial charge in [0.15, 0.2) is 0 Å². The molecule has 1 fully saturated rings. The average molecular weight is 307 g/mol. The molecule has 0 saturated carbocycles. The van der Waals surface area contributed by atoms with E-state index in [-0.39, 0.29) is 0 Å². The van der Waals surface area contributed by atoms with Crippen LogP contribution in [0.3, 0.4) is 0 Å². The minimum absolute atomic E-state index is 0.463. The summed E-state index contributed by atoms with van der Waals surface area (Å²) in [6.07, 6.45) is 3.72. The summed E-state index contributed by atoms with van der Waals surface area (Å²) in [5.41, 5.74) is 0. The number of nitrogens with zero attached hydrogens (tertiary/aromatic N) is 1. The van der Waals surface area contributed by atoms with Crippen molar-refractivity contribution in [3.63, 3.8) is 0 Å². The van der Waals surface area contributed by atoms with E-state index in [4.69, 9.17) is 0 Å². The fourth-order valence-corrected chi connectivity index (χ4v) is 4.49. The van der Waals surface area contributed by atoms with Crippen LogP contribution in [0.25, 0.3) is 0 Å². The molecule has 1 aliphatic heterocycles. The van der Waals surface area contributed by atoms with Gasteiger partial charge in [-0.3, -0.25) is 0 Å². The van der Waals surface area contributed by atoms with Crippen molar-refractivity contribution in [2.45, 2.75) is 31.3 Å². The third-order valence-corrected chi connectivity index (χ3v) is 5.82. The van der Waals surface area contributed by atoms with Crippen molar-refractivity contribution in [2.75, 3.05) is 20.1 Å². The fraction of sp³-hybridized carbons (Fsp3) is 0.500. The zero-order chi connectivity index (χ0) is 13.8. The van der Waals surface area contributed by atoms with Crippen LogP contribution >= 0.6 is 22.7 Å². The van der Waals surface area contributed by atoms with Gasteiger partial charge in [0.25, 0.3) is 0 Å². The zero-order valence-corrected chi connectivity index (χ0v) is 13.6. The van der Waals surface area contributed by atoms with Crippen molar-refractivity contribution in [1.82, 2.24) is 10.2 Å². The number of thiophene rings is 2. The SMILES string of the molecule is CN1CCCC(NC(Cc2cccs2)c2cccs2)C1. The molecule has 0 spiro atoms. The highest BCUT2D eigenvalue weighted by Crippen LogP contribution is 2.26. The highest BCUT2D eigenvalue weighted by Gasteiger charge is 2.22. The number of piperidine rings is 1. The number of hydrogen-bond donors (Lipinski definition) is 1. The molecular weight excluding hydrogens is 284 g/mol. The largest absolute Gasteiger partial charge is 0.305 e. The van der Waals surface area contributed by atoms with Crippen LogP contribution in [-0.2, 0) is 6.42 Å². The average Bonchev–Trinajstić information content (AvgIpc) is 3.11. The van der Waals surface area contributed by atoms with Gasteiger partial charge < -0.3 is 10.2 Å². The van der Waals surface area contributed by atoms with Gasteiger partial charge in [0.2, 0.25) is 0 Å². The van der Waals surface area contributed by atoms with E-state index in [2.05, 4.69) is 52.3 Å². The molecule has 2 aromatic rings. The van der Waals surface area contributed by atoms with Crippen molar-refractivity contribution < 1.29 is 0 Å². The minimum atomic E-state index is 0.463. The second-order valence-electron chi connectivity index (χ2n) is 5.62. The number of nitrogens with one attached hydrogen (secondary N) is 1. The zero-order valence-electron chi connectivity index (χ0n) is 11.9. The molecule has 0 radical (unpaired) electrons. The molecule has 0 aromatic carbocycles. The van der Waals surface area contributed by atoms with Crippen molar-refractivity contribution in [3.8, 4) is 0 Å². The standard InChI is InChI=1S/C16H22N2S2/c1-18-8-2-5-13(12-18)17-15(16-7-4-10-20-16)11-14-6-3-9-19-14/h3-4,6-7,9-10,13,15,17H,2,5,8,11-12H2,1H3. The summed E-state index contributed by atoms with van der Waals surface area (Å²) in [7, 11) is 2.23. The quantitative estimate of drug-likeness (QED) is 0.904. The first kappa shape index (κ1) is 14.3. The van der Waals surface area contributed by atoms with Crippen molar-refractivity contribution in [3.05, 3.63) is 44.8 Å². The van der Waals surface area contributed by atoms with Crippen LogP contribution in [0.5, 0.6) is 0 Å². The molecule has 4 heteroatoms. The summed E-state index contributed by atoms with van der Waals surface area (Å²) in [5.74, 6) is 0. The van der Waals surface area contributed by atoms with Gasteiger partial charge in [-0.1, -0.05) is 12.1 Å². The number of hydrogen-bond acceptors (Lipinski definition) is 4. The van der Waals surface area contributed by atoms with Gasteiger partial charge in [0.05, 0.1) is 0 Å². The molecule has 2 atom stereocenters. The maximum Gasteiger partial charge on any atom is 0.0466 e. The first-order valence-electron chi connectivity index (χ1n) is 7.31. The third kappa shape index (κ3) is 3.70. The third-order valence-electron chi connectivity index (χ3n) is 3.93.